The van der Waals surface area contributed by atoms with Crippen LogP contribution in [0.15, 0.2) is 45.0 Å². The van der Waals surface area contributed by atoms with E-state index in [9.17, 15) is 21.2 Å². The zero-order valence-corrected chi connectivity index (χ0v) is 17.9. The van der Waals surface area contributed by atoms with E-state index in [-0.39, 0.29) is 32.7 Å². The fourth-order valence-corrected chi connectivity index (χ4v) is 6.34. The van der Waals surface area contributed by atoms with E-state index in [1.54, 1.807) is 6.92 Å². The van der Waals surface area contributed by atoms with Gasteiger partial charge in [0.25, 0.3) is 0 Å². The fourth-order valence-electron chi connectivity index (χ4n) is 3.48. The number of morpholine rings is 1. The minimum Gasteiger partial charge on any atom is -0.455 e. The first-order chi connectivity index (χ1) is 14.2. The number of halogens is 1. The lowest BCUT2D eigenvalue weighted by atomic mass is 10.2. The third kappa shape index (κ3) is 3.95. The summed E-state index contributed by atoms with van der Waals surface area (Å²) in [5.41, 5.74) is 0.341. The molecule has 2 aliphatic heterocycles. The van der Waals surface area contributed by atoms with Crippen molar-refractivity contribution in [1.82, 2.24) is 9.62 Å². The van der Waals surface area contributed by atoms with Gasteiger partial charge in [0.15, 0.2) is 0 Å². The van der Waals surface area contributed by atoms with Gasteiger partial charge >= 0.3 is 0 Å². The zero-order chi connectivity index (χ0) is 21.5. The fraction of sp³-hybridized carbons (Fsp3) is 0.368. The van der Waals surface area contributed by atoms with Crippen molar-refractivity contribution in [3.05, 3.63) is 41.7 Å². The van der Waals surface area contributed by atoms with E-state index in [0.29, 0.717) is 25.3 Å². The van der Waals surface area contributed by atoms with Crippen LogP contribution in [0.3, 0.4) is 0 Å². The topological polar surface area (TPSA) is 102 Å². The summed E-state index contributed by atoms with van der Waals surface area (Å²) in [6, 6.07) is 5.64. The molecular formula is C19H21FN2O6S2. The predicted octanol–water partition coefficient (Wildman–Crippen LogP) is 1.68. The van der Waals surface area contributed by atoms with Crippen molar-refractivity contribution in [2.45, 2.75) is 21.6 Å². The molecular weight excluding hydrogens is 435 g/mol. The van der Waals surface area contributed by atoms with Crippen LogP contribution in [0.1, 0.15) is 5.56 Å². The highest BCUT2D eigenvalue weighted by Crippen LogP contribution is 2.44. The van der Waals surface area contributed by atoms with E-state index in [4.69, 9.17) is 9.47 Å². The summed E-state index contributed by atoms with van der Waals surface area (Å²) in [7, 11) is -8.10. The maximum atomic E-state index is 13.6. The van der Waals surface area contributed by atoms with E-state index in [2.05, 4.69) is 9.62 Å². The lowest BCUT2D eigenvalue weighted by Crippen LogP contribution is -2.41. The molecule has 30 heavy (non-hydrogen) atoms. The van der Waals surface area contributed by atoms with Crippen LogP contribution in [0, 0.1) is 12.7 Å². The average Bonchev–Trinajstić information content (AvgIpc) is 2.69. The molecule has 162 valence electrons. The first kappa shape index (κ1) is 21.2. The average molecular weight is 457 g/mol. The van der Waals surface area contributed by atoms with Gasteiger partial charge in [0.05, 0.1) is 18.1 Å². The van der Waals surface area contributed by atoms with E-state index in [0.717, 1.165) is 31.3 Å². The van der Waals surface area contributed by atoms with Gasteiger partial charge in [-0.05, 0) is 42.8 Å². The number of nitrogens with zero attached hydrogens (tertiary/aromatic N) is 1. The van der Waals surface area contributed by atoms with Gasteiger partial charge in [0.2, 0.25) is 19.9 Å². The molecule has 2 heterocycles. The lowest BCUT2D eigenvalue weighted by molar-refractivity contribution is 0.0390. The molecule has 0 atom stereocenters. The molecule has 0 aliphatic carbocycles. The van der Waals surface area contributed by atoms with Crippen molar-refractivity contribution in [2.24, 2.45) is 0 Å². The molecule has 0 bridgehead atoms. The van der Waals surface area contributed by atoms with Gasteiger partial charge in [-0.25, -0.2) is 25.9 Å². The Bertz CT molecular complexity index is 1190. The Balaban J connectivity index is 1.62. The number of sulfone groups is 1. The number of nitrogens with one attached hydrogen (secondary N) is 1. The van der Waals surface area contributed by atoms with Gasteiger partial charge in [-0.1, -0.05) is 0 Å². The molecule has 0 saturated carbocycles. The highest BCUT2D eigenvalue weighted by atomic mass is 32.2. The number of sulfonamides is 1. The number of hydrogen-bond donors (Lipinski definition) is 1. The maximum absolute atomic E-state index is 13.6. The molecule has 1 saturated heterocycles. The molecule has 0 radical (unpaired) electrons. The minimum absolute atomic E-state index is 0.00235. The third-order valence-corrected chi connectivity index (χ3v) is 8.46. The summed E-state index contributed by atoms with van der Waals surface area (Å²) < 4.78 is 78.6. The maximum Gasteiger partial charge on any atom is 0.240 e. The van der Waals surface area contributed by atoms with Crippen LogP contribution in [-0.4, -0.2) is 61.1 Å². The number of benzene rings is 2. The Hall–Kier alpha value is -2.05. The molecule has 0 spiro atoms. The first-order valence-electron chi connectivity index (χ1n) is 9.35. The van der Waals surface area contributed by atoms with E-state index in [1.807, 2.05) is 0 Å². The molecule has 11 heteroatoms. The van der Waals surface area contributed by atoms with E-state index < -0.39 is 25.7 Å². The molecule has 2 aliphatic rings. The largest absolute Gasteiger partial charge is 0.455 e. The lowest BCUT2D eigenvalue weighted by Gasteiger charge is -2.26. The Kier molecular flexibility index (Phi) is 5.58. The molecule has 0 unspecified atom stereocenters. The summed E-state index contributed by atoms with van der Waals surface area (Å²) >= 11 is 0. The highest BCUT2D eigenvalue weighted by Gasteiger charge is 2.34. The van der Waals surface area contributed by atoms with Crippen molar-refractivity contribution in [3.8, 4) is 11.5 Å². The van der Waals surface area contributed by atoms with Crippen LogP contribution in [0.2, 0.25) is 0 Å². The standard InChI is InChI=1S/C19H21FN2O6S2/c1-13-10-16-19(29(23,24)18-11-14(20)2-3-15(18)28-16)12-17(13)30(25,26)21-4-5-22-6-8-27-9-7-22/h2-3,10-12,21H,4-9H2,1H3. The van der Waals surface area contributed by atoms with Crippen LogP contribution < -0.4 is 9.46 Å². The van der Waals surface area contributed by atoms with Crippen molar-refractivity contribution in [3.63, 3.8) is 0 Å². The van der Waals surface area contributed by atoms with E-state index >= 15 is 0 Å². The van der Waals surface area contributed by atoms with E-state index in [1.165, 1.54) is 12.1 Å². The predicted molar refractivity (Wildman–Crippen MR) is 106 cm³/mol. The number of fused-ring (bicyclic) bond motifs is 2. The van der Waals surface area contributed by atoms with Crippen molar-refractivity contribution < 1.29 is 30.7 Å². The SMILES string of the molecule is Cc1cc2c(cc1S(=O)(=O)NCCN1CCOCC1)S(=O)(=O)c1cc(F)ccc1O2. The second-order valence-electron chi connectivity index (χ2n) is 7.11. The van der Waals surface area contributed by atoms with Crippen LogP contribution in [0.5, 0.6) is 11.5 Å². The molecule has 0 aromatic heterocycles. The molecule has 8 nitrogen and oxygen atoms in total. The van der Waals surface area contributed by atoms with Crippen LogP contribution >= 0.6 is 0 Å². The zero-order valence-electron chi connectivity index (χ0n) is 16.2. The van der Waals surface area contributed by atoms with Crippen molar-refractivity contribution in [2.75, 3.05) is 39.4 Å². The second kappa shape index (κ2) is 7.89. The number of rotatable bonds is 5. The van der Waals surface area contributed by atoms with Gasteiger partial charge in [-0.2, -0.15) is 0 Å². The Morgan fingerprint density at radius 3 is 2.53 bits per heavy atom. The van der Waals surface area contributed by atoms with Crippen LogP contribution in [0.4, 0.5) is 4.39 Å². The third-order valence-electron chi connectivity index (χ3n) is 5.06. The monoisotopic (exact) mass is 456 g/mol. The molecule has 0 amide bonds. The van der Waals surface area contributed by atoms with Gasteiger partial charge in [-0.15, -0.1) is 0 Å². The van der Waals surface area contributed by atoms with Crippen LogP contribution in [-0.2, 0) is 24.6 Å². The minimum atomic E-state index is -4.14. The molecule has 4 rings (SSSR count). The van der Waals surface area contributed by atoms with Gasteiger partial charge in [-0.3, -0.25) is 4.90 Å². The quantitative estimate of drug-likeness (QED) is 0.623. The van der Waals surface area contributed by atoms with Gasteiger partial charge in [0, 0.05) is 26.2 Å². The molecule has 1 fully saturated rings. The van der Waals surface area contributed by atoms with Gasteiger partial charge < -0.3 is 9.47 Å². The van der Waals surface area contributed by atoms with Gasteiger partial charge in [0.1, 0.15) is 27.1 Å². The Morgan fingerprint density at radius 1 is 1.10 bits per heavy atom. The molecule has 2 aromatic rings. The summed E-state index contributed by atoms with van der Waals surface area (Å²) in [5.74, 6) is -0.712. The normalized spacial score (nSPS) is 18.3. The highest BCUT2D eigenvalue weighted by molar-refractivity contribution is 7.92. The smallest absolute Gasteiger partial charge is 0.240 e. The number of aryl methyl sites for hydroxylation is 1. The molecule has 1 N–H and O–H groups in total. The van der Waals surface area contributed by atoms with Crippen LogP contribution in [0.25, 0.3) is 0 Å². The summed E-state index contributed by atoms with van der Waals surface area (Å²) in [5, 5.41) is 0. The Labute approximate surface area is 174 Å². The second-order valence-corrected chi connectivity index (χ2v) is 10.7. The summed E-state index contributed by atoms with van der Waals surface area (Å²) in [4.78, 5) is 1.28. The summed E-state index contributed by atoms with van der Waals surface area (Å²) in [6.07, 6.45) is 0. The molecule has 2 aromatic carbocycles. The summed E-state index contributed by atoms with van der Waals surface area (Å²) in [6.45, 7) is 4.92. The Morgan fingerprint density at radius 2 is 1.80 bits per heavy atom. The number of hydrogen-bond acceptors (Lipinski definition) is 7. The van der Waals surface area contributed by atoms with Crippen molar-refractivity contribution in [1.29, 1.82) is 0 Å². The number of ether oxygens (including phenoxy) is 2. The first-order valence-corrected chi connectivity index (χ1v) is 12.3. The van der Waals surface area contributed by atoms with Crippen molar-refractivity contribution >= 4 is 19.9 Å².